The minimum atomic E-state index is -0.321. The van der Waals surface area contributed by atoms with Gasteiger partial charge in [0.15, 0.2) is 5.82 Å². The van der Waals surface area contributed by atoms with E-state index in [-0.39, 0.29) is 24.4 Å². The number of hydrogen-bond acceptors (Lipinski definition) is 6. The van der Waals surface area contributed by atoms with Gasteiger partial charge >= 0.3 is 0 Å². The quantitative estimate of drug-likeness (QED) is 0.852. The molecule has 1 unspecified atom stereocenters. The molecule has 2 heterocycles. The third-order valence-corrected chi connectivity index (χ3v) is 3.46. The Kier molecular flexibility index (Phi) is 6.03. The molecule has 1 atom stereocenters. The summed E-state index contributed by atoms with van der Waals surface area (Å²) in [6, 6.07) is 7.16. The number of amides is 1. The molecule has 124 valence electrons. The lowest BCUT2D eigenvalue weighted by atomic mass is 10.1. The molecule has 1 amide bonds. The Labute approximate surface area is 140 Å². The first-order valence-corrected chi connectivity index (χ1v) is 7.26. The molecule has 0 aliphatic carbocycles. The minimum Gasteiger partial charge on any atom is -0.378 e. The maximum absolute atomic E-state index is 12.2. The van der Waals surface area contributed by atoms with Gasteiger partial charge in [0.05, 0.1) is 13.2 Å². The van der Waals surface area contributed by atoms with E-state index < -0.39 is 0 Å². The lowest BCUT2D eigenvalue weighted by Crippen LogP contribution is -2.48. The van der Waals surface area contributed by atoms with E-state index >= 15 is 0 Å². The van der Waals surface area contributed by atoms with Crippen LogP contribution in [0.1, 0.15) is 6.92 Å². The highest BCUT2D eigenvalue weighted by Crippen LogP contribution is 2.20. The van der Waals surface area contributed by atoms with E-state index in [1.165, 1.54) is 0 Å². The number of halogens is 1. The Hall–Kier alpha value is -2.03. The van der Waals surface area contributed by atoms with E-state index in [1.54, 1.807) is 4.68 Å². The number of tetrazole rings is 1. The summed E-state index contributed by atoms with van der Waals surface area (Å²) < 4.78 is 7.01. The first-order chi connectivity index (χ1) is 10.8. The molecule has 0 saturated carbocycles. The Morgan fingerprint density at radius 2 is 2.39 bits per heavy atom. The number of carbonyl (C=O) groups excluding carboxylic acids is 1. The van der Waals surface area contributed by atoms with Crippen LogP contribution in [0.3, 0.4) is 0 Å². The molecule has 2 N–H and O–H groups in total. The Morgan fingerprint density at radius 3 is 3.13 bits per heavy atom. The number of nitrogens with one attached hydrogen (secondary N) is 2. The summed E-state index contributed by atoms with van der Waals surface area (Å²) in [4.78, 5) is 12.2. The SMILES string of the molecule is CCn1nnnc1-c1cccc(NC(=O)C2COCCN2)c1.Cl. The molecule has 1 aromatic heterocycles. The minimum absolute atomic E-state index is 0. The summed E-state index contributed by atoms with van der Waals surface area (Å²) in [6.45, 7) is 4.37. The fourth-order valence-corrected chi connectivity index (χ4v) is 2.32. The first-order valence-electron chi connectivity index (χ1n) is 7.26. The van der Waals surface area contributed by atoms with E-state index in [0.29, 0.717) is 37.8 Å². The van der Waals surface area contributed by atoms with Gasteiger partial charge in [-0.15, -0.1) is 17.5 Å². The molecule has 1 aromatic carbocycles. The number of ether oxygens (including phenoxy) is 1. The fraction of sp³-hybridized carbons (Fsp3) is 0.429. The van der Waals surface area contributed by atoms with Crippen molar-refractivity contribution in [1.82, 2.24) is 25.5 Å². The second kappa shape index (κ2) is 8.00. The number of morpholine rings is 1. The fourth-order valence-electron chi connectivity index (χ4n) is 2.32. The second-order valence-corrected chi connectivity index (χ2v) is 4.97. The van der Waals surface area contributed by atoms with Crippen LogP contribution in [0.15, 0.2) is 24.3 Å². The molecule has 0 spiro atoms. The standard InChI is InChI=1S/C14H18N6O2.ClH/c1-2-20-13(17-18-19-20)10-4-3-5-11(8-10)16-14(21)12-9-22-7-6-15-12;/h3-5,8,12,15H,2,6-7,9H2,1H3,(H,16,21);1H. The van der Waals surface area contributed by atoms with Gasteiger partial charge in [0.25, 0.3) is 0 Å². The van der Waals surface area contributed by atoms with E-state index in [9.17, 15) is 4.79 Å². The molecule has 3 rings (SSSR count). The van der Waals surface area contributed by atoms with Crippen molar-refractivity contribution in [2.75, 3.05) is 25.1 Å². The van der Waals surface area contributed by atoms with Crippen LogP contribution in [0, 0.1) is 0 Å². The molecule has 1 aliphatic heterocycles. The zero-order valence-electron chi connectivity index (χ0n) is 12.7. The first kappa shape index (κ1) is 17.3. The second-order valence-electron chi connectivity index (χ2n) is 4.97. The van der Waals surface area contributed by atoms with Crippen LogP contribution in [-0.2, 0) is 16.1 Å². The number of aromatic nitrogens is 4. The molecule has 0 radical (unpaired) electrons. The summed E-state index contributed by atoms with van der Waals surface area (Å²) in [5.41, 5.74) is 1.57. The molecule has 23 heavy (non-hydrogen) atoms. The largest absolute Gasteiger partial charge is 0.378 e. The predicted octanol–water partition coefficient (Wildman–Crippen LogP) is 0.709. The van der Waals surface area contributed by atoms with Crippen LogP contribution in [0.4, 0.5) is 5.69 Å². The van der Waals surface area contributed by atoms with Gasteiger partial charge in [0.1, 0.15) is 6.04 Å². The molecule has 9 heteroatoms. The van der Waals surface area contributed by atoms with Crippen molar-refractivity contribution < 1.29 is 9.53 Å². The third kappa shape index (κ3) is 4.04. The van der Waals surface area contributed by atoms with E-state index in [2.05, 4.69) is 26.2 Å². The van der Waals surface area contributed by atoms with Gasteiger partial charge in [0.2, 0.25) is 5.91 Å². The number of benzene rings is 1. The van der Waals surface area contributed by atoms with Gasteiger partial charge in [0, 0.05) is 24.3 Å². The van der Waals surface area contributed by atoms with Gasteiger partial charge in [-0.1, -0.05) is 12.1 Å². The zero-order valence-corrected chi connectivity index (χ0v) is 13.5. The molecule has 1 saturated heterocycles. The van der Waals surface area contributed by atoms with E-state index in [4.69, 9.17) is 4.74 Å². The van der Waals surface area contributed by atoms with Gasteiger partial charge in [-0.3, -0.25) is 4.79 Å². The topological polar surface area (TPSA) is 94.0 Å². The van der Waals surface area contributed by atoms with Crippen molar-refractivity contribution in [3.05, 3.63) is 24.3 Å². The molecular formula is C14H19ClN6O2. The van der Waals surface area contributed by atoms with Crippen LogP contribution < -0.4 is 10.6 Å². The Bertz CT molecular complexity index is 656. The number of rotatable bonds is 4. The molecule has 2 aromatic rings. The Morgan fingerprint density at radius 1 is 1.52 bits per heavy atom. The molecular weight excluding hydrogens is 320 g/mol. The van der Waals surface area contributed by atoms with Crippen molar-refractivity contribution in [1.29, 1.82) is 0 Å². The van der Waals surface area contributed by atoms with Crippen molar-refractivity contribution in [3.8, 4) is 11.4 Å². The number of anilines is 1. The van der Waals surface area contributed by atoms with E-state index in [1.807, 2.05) is 31.2 Å². The average molecular weight is 339 g/mol. The van der Waals surface area contributed by atoms with Gasteiger partial charge in [-0.2, -0.15) is 0 Å². The molecule has 0 bridgehead atoms. The van der Waals surface area contributed by atoms with E-state index in [0.717, 1.165) is 5.56 Å². The molecule has 8 nitrogen and oxygen atoms in total. The summed E-state index contributed by atoms with van der Waals surface area (Å²) in [5.74, 6) is 0.574. The van der Waals surface area contributed by atoms with Gasteiger partial charge in [-0.05, 0) is 29.5 Å². The summed E-state index contributed by atoms with van der Waals surface area (Å²) in [5, 5.41) is 17.6. The van der Waals surface area contributed by atoms with Crippen LogP contribution >= 0.6 is 12.4 Å². The van der Waals surface area contributed by atoms with Crippen molar-refractivity contribution >= 4 is 24.0 Å². The maximum Gasteiger partial charge on any atom is 0.243 e. The van der Waals surface area contributed by atoms with Crippen molar-refractivity contribution in [3.63, 3.8) is 0 Å². The Balaban J connectivity index is 0.00000192. The number of nitrogens with zero attached hydrogens (tertiary/aromatic N) is 4. The van der Waals surface area contributed by atoms with Gasteiger partial charge < -0.3 is 15.4 Å². The summed E-state index contributed by atoms with van der Waals surface area (Å²) >= 11 is 0. The predicted molar refractivity (Wildman–Crippen MR) is 87.4 cm³/mol. The monoisotopic (exact) mass is 338 g/mol. The highest BCUT2D eigenvalue weighted by molar-refractivity contribution is 5.95. The highest BCUT2D eigenvalue weighted by atomic mass is 35.5. The number of hydrogen-bond donors (Lipinski definition) is 2. The van der Waals surface area contributed by atoms with Crippen LogP contribution in [0.25, 0.3) is 11.4 Å². The lowest BCUT2D eigenvalue weighted by Gasteiger charge is -2.22. The number of carbonyl (C=O) groups is 1. The summed E-state index contributed by atoms with van der Waals surface area (Å²) in [6.07, 6.45) is 0. The van der Waals surface area contributed by atoms with Gasteiger partial charge in [-0.25, -0.2) is 4.68 Å². The third-order valence-electron chi connectivity index (χ3n) is 3.46. The van der Waals surface area contributed by atoms with Crippen LogP contribution in [0.2, 0.25) is 0 Å². The lowest BCUT2D eigenvalue weighted by molar-refractivity contribution is -0.120. The van der Waals surface area contributed by atoms with Crippen LogP contribution in [-0.4, -0.2) is 51.9 Å². The molecule has 1 fully saturated rings. The average Bonchev–Trinajstić information content (AvgIpc) is 3.04. The maximum atomic E-state index is 12.2. The van der Waals surface area contributed by atoms with Crippen molar-refractivity contribution in [2.45, 2.75) is 19.5 Å². The van der Waals surface area contributed by atoms with Crippen molar-refractivity contribution in [2.24, 2.45) is 0 Å². The summed E-state index contributed by atoms with van der Waals surface area (Å²) in [7, 11) is 0. The molecule has 1 aliphatic rings. The zero-order chi connectivity index (χ0) is 15.4. The van der Waals surface area contributed by atoms with Crippen LogP contribution in [0.5, 0.6) is 0 Å². The normalized spacial score (nSPS) is 17.3. The number of aryl methyl sites for hydroxylation is 1. The smallest absolute Gasteiger partial charge is 0.243 e. The highest BCUT2D eigenvalue weighted by Gasteiger charge is 2.21.